The second kappa shape index (κ2) is 8.30. The lowest BCUT2D eigenvalue weighted by molar-refractivity contribution is -0.118. The Hall–Kier alpha value is -1.19. The number of nitrogens with zero attached hydrogens (tertiary/aromatic N) is 1. The van der Waals surface area contributed by atoms with Crippen molar-refractivity contribution >= 4 is 34.0 Å². The summed E-state index contributed by atoms with van der Waals surface area (Å²) in [7, 11) is 0.781. The molecule has 9 heteroatoms. The average Bonchev–Trinajstić information content (AvgIpc) is 2.39. The van der Waals surface area contributed by atoms with Crippen LogP contribution in [0.15, 0.2) is 29.2 Å². The molecule has 0 heterocycles. The van der Waals surface area contributed by atoms with Crippen LogP contribution in [-0.2, 0) is 19.6 Å². The number of carbonyl (C=O) groups is 1. The number of rotatable bonds is 6. The number of anilines is 1. The lowest BCUT2D eigenvalue weighted by Gasteiger charge is -2.14. The molecule has 1 aromatic rings. The van der Waals surface area contributed by atoms with E-state index in [9.17, 15) is 13.2 Å². The van der Waals surface area contributed by atoms with E-state index >= 15 is 0 Å². The van der Waals surface area contributed by atoms with Gasteiger partial charge in [-0.25, -0.2) is 12.7 Å². The first-order valence-electron chi connectivity index (χ1n) is 5.87. The molecule has 0 spiro atoms. The van der Waals surface area contributed by atoms with Crippen molar-refractivity contribution in [3.63, 3.8) is 0 Å². The molecule has 0 aliphatic carbocycles. The third-order valence-corrected chi connectivity index (χ3v) is 4.37. The SMILES string of the molecule is COCC(N)C(=O)Nc1cccc(S(=O)(=O)N(C)C)c1.Cl. The van der Waals surface area contributed by atoms with E-state index in [1.165, 1.54) is 33.3 Å². The topological polar surface area (TPSA) is 102 Å². The van der Waals surface area contributed by atoms with Gasteiger partial charge in [-0.1, -0.05) is 6.07 Å². The summed E-state index contributed by atoms with van der Waals surface area (Å²) in [6.45, 7) is 0.0848. The minimum absolute atomic E-state index is 0. The maximum absolute atomic E-state index is 12.0. The largest absolute Gasteiger partial charge is 0.383 e. The monoisotopic (exact) mass is 337 g/mol. The molecule has 0 saturated carbocycles. The van der Waals surface area contributed by atoms with Gasteiger partial charge in [-0.05, 0) is 18.2 Å². The number of nitrogens with two attached hydrogens (primary N) is 1. The molecule has 7 nitrogen and oxygen atoms in total. The summed E-state index contributed by atoms with van der Waals surface area (Å²) in [4.78, 5) is 11.8. The van der Waals surface area contributed by atoms with Gasteiger partial charge < -0.3 is 15.8 Å². The molecule has 3 N–H and O–H groups in total. The molecule has 1 atom stereocenters. The van der Waals surface area contributed by atoms with Crippen molar-refractivity contribution in [2.24, 2.45) is 5.73 Å². The Labute approximate surface area is 130 Å². The van der Waals surface area contributed by atoms with Crippen LogP contribution in [0.1, 0.15) is 0 Å². The normalized spacial score (nSPS) is 12.6. The Morgan fingerprint density at radius 1 is 1.43 bits per heavy atom. The smallest absolute Gasteiger partial charge is 0.243 e. The molecule has 0 bridgehead atoms. The molecule has 1 unspecified atom stereocenters. The van der Waals surface area contributed by atoms with Crippen molar-refractivity contribution in [3.8, 4) is 0 Å². The van der Waals surface area contributed by atoms with E-state index in [4.69, 9.17) is 10.5 Å². The van der Waals surface area contributed by atoms with E-state index < -0.39 is 22.0 Å². The van der Waals surface area contributed by atoms with E-state index in [1.807, 2.05) is 0 Å². The van der Waals surface area contributed by atoms with Crippen LogP contribution < -0.4 is 11.1 Å². The molecule has 120 valence electrons. The van der Waals surface area contributed by atoms with Gasteiger partial charge >= 0.3 is 0 Å². The van der Waals surface area contributed by atoms with Crippen LogP contribution in [0.4, 0.5) is 5.69 Å². The predicted octanol–water partition coefficient (Wildman–Crippen LogP) is 0.271. The number of benzene rings is 1. The third-order valence-electron chi connectivity index (χ3n) is 2.56. The number of carbonyl (C=O) groups excluding carboxylic acids is 1. The fourth-order valence-corrected chi connectivity index (χ4v) is 2.38. The lowest BCUT2D eigenvalue weighted by Crippen LogP contribution is -2.39. The van der Waals surface area contributed by atoms with E-state index in [0.29, 0.717) is 5.69 Å². The number of hydrogen-bond donors (Lipinski definition) is 2. The van der Waals surface area contributed by atoms with Gasteiger partial charge in [0.15, 0.2) is 0 Å². The number of hydrogen-bond acceptors (Lipinski definition) is 5. The van der Waals surface area contributed by atoms with Gasteiger partial charge in [0, 0.05) is 26.9 Å². The fraction of sp³-hybridized carbons (Fsp3) is 0.417. The second-order valence-corrected chi connectivity index (χ2v) is 6.52. The predicted molar refractivity (Wildman–Crippen MR) is 83.0 cm³/mol. The van der Waals surface area contributed by atoms with Gasteiger partial charge in [0.1, 0.15) is 6.04 Å². The molecule has 1 amide bonds. The van der Waals surface area contributed by atoms with Crippen molar-refractivity contribution in [1.29, 1.82) is 0 Å². The first-order chi connectivity index (χ1) is 9.28. The van der Waals surface area contributed by atoms with Gasteiger partial charge in [0.2, 0.25) is 15.9 Å². The van der Waals surface area contributed by atoms with Crippen molar-refractivity contribution < 1.29 is 17.9 Å². The molecule has 0 fully saturated rings. The number of methoxy groups -OCH3 is 1. The molecule has 0 saturated heterocycles. The van der Waals surface area contributed by atoms with Gasteiger partial charge in [-0.3, -0.25) is 4.79 Å². The standard InChI is InChI=1S/C12H19N3O4S.ClH/c1-15(2)20(17,18)10-6-4-5-9(7-10)14-12(16)11(13)8-19-3;/h4-7,11H,8,13H2,1-3H3,(H,14,16);1H. The van der Waals surface area contributed by atoms with E-state index in [2.05, 4.69) is 5.32 Å². The highest BCUT2D eigenvalue weighted by atomic mass is 35.5. The van der Waals surface area contributed by atoms with E-state index in [1.54, 1.807) is 12.1 Å². The van der Waals surface area contributed by atoms with Crippen molar-refractivity contribution in [1.82, 2.24) is 4.31 Å². The fourth-order valence-electron chi connectivity index (χ4n) is 1.44. The molecule has 0 aliphatic heterocycles. The molecule has 1 rings (SSSR count). The Bertz CT molecular complexity index is 578. The zero-order valence-corrected chi connectivity index (χ0v) is 13.7. The van der Waals surface area contributed by atoms with Crippen molar-refractivity contribution in [2.45, 2.75) is 10.9 Å². The lowest BCUT2D eigenvalue weighted by atomic mass is 10.2. The zero-order chi connectivity index (χ0) is 15.3. The van der Waals surface area contributed by atoms with Crippen LogP contribution in [0.2, 0.25) is 0 Å². The average molecular weight is 338 g/mol. The van der Waals surface area contributed by atoms with Crippen LogP contribution in [-0.4, -0.2) is 52.5 Å². The zero-order valence-electron chi connectivity index (χ0n) is 12.1. The highest BCUT2D eigenvalue weighted by Crippen LogP contribution is 2.17. The highest BCUT2D eigenvalue weighted by Gasteiger charge is 2.18. The summed E-state index contributed by atoms with van der Waals surface area (Å²) in [5, 5.41) is 2.55. The number of nitrogens with one attached hydrogen (secondary N) is 1. The number of ether oxygens (including phenoxy) is 1. The van der Waals surface area contributed by atoms with Crippen molar-refractivity contribution in [3.05, 3.63) is 24.3 Å². The molecule has 0 aliphatic rings. The number of amides is 1. The van der Waals surface area contributed by atoms with Crippen LogP contribution in [0.25, 0.3) is 0 Å². The maximum atomic E-state index is 12.0. The van der Waals surface area contributed by atoms with E-state index in [-0.39, 0.29) is 23.9 Å². The Balaban J connectivity index is 0.00000400. The minimum Gasteiger partial charge on any atom is -0.383 e. The summed E-state index contributed by atoms with van der Waals surface area (Å²) in [5.74, 6) is -0.439. The van der Waals surface area contributed by atoms with E-state index in [0.717, 1.165) is 4.31 Å². The van der Waals surface area contributed by atoms with Gasteiger partial charge in [0.25, 0.3) is 0 Å². The van der Waals surface area contributed by atoms with Crippen LogP contribution in [0.5, 0.6) is 0 Å². The molecular formula is C12H20ClN3O4S. The molecular weight excluding hydrogens is 318 g/mol. The summed E-state index contributed by atoms with van der Waals surface area (Å²) >= 11 is 0. The number of halogens is 1. The number of sulfonamides is 1. The van der Waals surface area contributed by atoms with Gasteiger partial charge in [0.05, 0.1) is 11.5 Å². The molecule has 21 heavy (non-hydrogen) atoms. The van der Waals surface area contributed by atoms with Crippen LogP contribution in [0.3, 0.4) is 0 Å². The Morgan fingerprint density at radius 2 is 2.05 bits per heavy atom. The first kappa shape index (κ1) is 19.8. The summed E-state index contributed by atoms with van der Waals surface area (Å²) < 4.78 is 29.8. The second-order valence-electron chi connectivity index (χ2n) is 4.37. The van der Waals surface area contributed by atoms with Crippen LogP contribution >= 0.6 is 12.4 Å². The van der Waals surface area contributed by atoms with Gasteiger partial charge in [-0.15, -0.1) is 12.4 Å². The third kappa shape index (κ3) is 5.25. The summed E-state index contributed by atoms with van der Waals surface area (Å²) in [6, 6.07) is 5.17. The quantitative estimate of drug-likeness (QED) is 0.776. The van der Waals surface area contributed by atoms with Crippen molar-refractivity contribution in [2.75, 3.05) is 33.1 Å². The summed E-state index contributed by atoms with van der Waals surface area (Å²) in [6.07, 6.45) is 0. The van der Waals surface area contributed by atoms with Gasteiger partial charge in [-0.2, -0.15) is 0 Å². The maximum Gasteiger partial charge on any atom is 0.243 e. The molecule has 0 radical (unpaired) electrons. The van der Waals surface area contributed by atoms with Crippen LogP contribution in [0, 0.1) is 0 Å². The molecule has 0 aromatic heterocycles. The molecule has 1 aromatic carbocycles. The first-order valence-corrected chi connectivity index (χ1v) is 7.31. The Morgan fingerprint density at radius 3 is 2.57 bits per heavy atom. The summed E-state index contributed by atoms with van der Waals surface area (Å²) in [5.41, 5.74) is 5.95. The Kier molecular flexibility index (Phi) is 7.83. The minimum atomic E-state index is -3.54. The highest BCUT2D eigenvalue weighted by molar-refractivity contribution is 7.89.